The average molecular weight is 409 g/mol. The fraction of sp³-hybridized carbons (Fsp3) is 0.500. The van der Waals surface area contributed by atoms with E-state index in [-0.39, 0.29) is 0 Å². The van der Waals surface area contributed by atoms with Gasteiger partial charge in [0.2, 0.25) is 0 Å². The first-order chi connectivity index (χ1) is 14.6. The number of benzene rings is 1. The standard InChI is InChI=1S/C24H36N6/c1-5-25-24(26-18-22-12-9-13-23(27-22)29(3)4)28-21-14-16-30(17-15-21)19(2)20-10-7-6-8-11-20/h6-13,19,21H,5,14-18H2,1-4H3,(H2,25,26,28). The van der Waals surface area contributed by atoms with E-state index in [2.05, 4.69) is 64.7 Å². The van der Waals surface area contributed by atoms with E-state index in [0.29, 0.717) is 18.6 Å². The number of likely N-dealkylation sites (tertiary alicyclic amines) is 1. The molecule has 0 saturated carbocycles. The minimum atomic E-state index is 0.447. The van der Waals surface area contributed by atoms with Crippen LogP contribution in [0.3, 0.4) is 0 Å². The molecule has 1 aromatic heterocycles. The van der Waals surface area contributed by atoms with E-state index in [9.17, 15) is 0 Å². The summed E-state index contributed by atoms with van der Waals surface area (Å²) in [7, 11) is 4.01. The van der Waals surface area contributed by atoms with E-state index in [1.165, 1.54) is 5.56 Å². The number of hydrogen-bond acceptors (Lipinski definition) is 4. The number of guanidine groups is 1. The first-order valence-electron chi connectivity index (χ1n) is 11.0. The number of piperidine rings is 1. The second kappa shape index (κ2) is 11.0. The molecule has 1 atom stereocenters. The minimum absolute atomic E-state index is 0.447. The molecule has 3 rings (SSSR count). The highest BCUT2D eigenvalue weighted by molar-refractivity contribution is 5.80. The van der Waals surface area contributed by atoms with Crippen LogP contribution in [0.1, 0.15) is 44.0 Å². The van der Waals surface area contributed by atoms with E-state index < -0.39 is 0 Å². The van der Waals surface area contributed by atoms with E-state index in [1.807, 2.05) is 37.2 Å². The Labute approximate surface area is 181 Å². The van der Waals surface area contributed by atoms with Crippen molar-refractivity contribution >= 4 is 11.8 Å². The number of aromatic nitrogens is 1. The van der Waals surface area contributed by atoms with Crippen LogP contribution in [-0.4, -0.2) is 55.6 Å². The number of aliphatic imine (C=N–C) groups is 1. The summed E-state index contributed by atoms with van der Waals surface area (Å²) in [5.41, 5.74) is 2.37. The zero-order chi connectivity index (χ0) is 21.3. The molecule has 1 aliphatic heterocycles. The Morgan fingerprint density at radius 1 is 1.13 bits per heavy atom. The van der Waals surface area contributed by atoms with Gasteiger partial charge in [0.25, 0.3) is 0 Å². The van der Waals surface area contributed by atoms with Gasteiger partial charge in [-0.25, -0.2) is 9.98 Å². The lowest BCUT2D eigenvalue weighted by atomic mass is 10.0. The molecule has 1 unspecified atom stereocenters. The summed E-state index contributed by atoms with van der Waals surface area (Å²) in [6.45, 7) is 8.02. The maximum atomic E-state index is 4.78. The van der Waals surface area contributed by atoms with E-state index >= 15 is 0 Å². The first kappa shape index (κ1) is 22.1. The summed E-state index contributed by atoms with van der Waals surface area (Å²) in [5, 5.41) is 7.02. The van der Waals surface area contributed by atoms with Gasteiger partial charge in [0, 0.05) is 45.8 Å². The first-order valence-corrected chi connectivity index (χ1v) is 11.0. The highest BCUT2D eigenvalue weighted by Gasteiger charge is 2.24. The molecule has 2 heterocycles. The quantitative estimate of drug-likeness (QED) is 0.543. The minimum Gasteiger partial charge on any atom is -0.363 e. The van der Waals surface area contributed by atoms with Gasteiger partial charge in [-0.15, -0.1) is 0 Å². The average Bonchev–Trinajstić information content (AvgIpc) is 2.78. The smallest absolute Gasteiger partial charge is 0.191 e. The molecule has 1 aromatic carbocycles. The molecule has 6 heteroatoms. The van der Waals surface area contributed by atoms with Gasteiger partial charge in [-0.3, -0.25) is 4.90 Å². The molecule has 6 nitrogen and oxygen atoms in total. The third-order valence-electron chi connectivity index (χ3n) is 5.69. The van der Waals surface area contributed by atoms with Gasteiger partial charge in [0.05, 0.1) is 12.2 Å². The van der Waals surface area contributed by atoms with E-state index in [0.717, 1.165) is 49.9 Å². The van der Waals surface area contributed by atoms with Gasteiger partial charge in [-0.1, -0.05) is 36.4 Å². The van der Waals surface area contributed by atoms with E-state index in [1.54, 1.807) is 0 Å². The molecule has 162 valence electrons. The predicted molar refractivity (Wildman–Crippen MR) is 126 cm³/mol. The van der Waals surface area contributed by atoms with Gasteiger partial charge in [0.15, 0.2) is 5.96 Å². The molecule has 1 aliphatic rings. The van der Waals surface area contributed by atoms with Crippen LogP contribution in [0.15, 0.2) is 53.5 Å². The lowest BCUT2D eigenvalue weighted by molar-refractivity contribution is 0.158. The number of pyridine rings is 1. The maximum absolute atomic E-state index is 4.78. The Balaban J connectivity index is 1.54. The molecule has 2 aromatic rings. The fourth-order valence-corrected chi connectivity index (χ4v) is 3.85. The van der Waals surface area contributed by atoms with Crippen LogP contribution in [0, 0.1) is 0 Å². The van der Waals surface area contributed by atoms with Crippen molar-refractivity contribution < 1.29 is 0 Å². The van der Waals surface area contributed by atoms with Gasteiger partial charge >= 0.3 is 0 Å². The van der Waals surface area contributed by atoms with Gasteiger partial charge in [-0.05, 0) is 44.4 Å². The van der Waals surface area contributed by atoms with Crippen molar-refractivity contribution in [3.63, 3.8) is 0 Å². The van der Waals surface area contributed by atoms with Crippen molar-refractivity contribution in [3.8, 4) is 0 Å². The second-order valence-electron chi connectivity index (χ2n) is 8.12. The van der Waals surface area contributed by atoms with Crippen molar-refractivity contribution in [2.24, 2.45) is 4.99 Å². The van der Waals surface area contributed by atoms with Crippen LogP contribution in [0.25, 0.3) is 0 Å². The van der Waals surface area contributed by atoms with Crippen molar-refractivity contribution in [2.45, 2.75) is 45.3 Å². The van der Waals surface area contributed by atoms with Gasteiger partial charge in [-0.2, -0.15) is 0 Å². The summed E-state index contributed by atoms with van der Waals surface area (Å²) in [4.78, 5) is 14.0. The molecule has 1 fully saturated rings. The molecule has 0 aliphatic carbocycles. The maximum Gasteiger partial charge on any atom is 0.191 e. The van der Waals surface area contributed by atoms with Crippen LogP contribution in [-0.2, 0) is 6.54 Å². The summed E-state index contributed by atoms with van der Waals surface area (Å²) < 4.78 is 0. The largest absolute Gasteiger partial charge is 0.363 e. The molecule has 2 N–H and O–H groups in total. The highest BCUT2D eigenvalue weighted by Crippen LogP contribution is 2.24. The molecule has 0 spiro atoms. The van der Waals surface area contributed by atoms with Crippen LogP contribution in [0.4, 0.5) is 5.82 Å². The zero-order valence-electron chi connectivity index (χ0n) is 18.8. The summed E-state index contributed by atoms with van der Waals surface area (Å²) in [5.74, 6) is 1.84. The Morgan fingerprint density at radius 2 is 1.87 bits per heavy atom. The van der Waals surface area contributed by atoms with Crippen LogP contribution in [0.2, 0.25) is 0 Å². The van der Waals surface area contributed by atoms with Crippen LogP contribution >= 0.6 is 0 Å². The van der Waals surface area contributed by atoms with Gasteiger partial charge < -0.3 is 15.5 Å². The fourth-order valence-electron chi connectivity index (χ4n) is 3.85. The Hall–Kier alpha value is -2.60. The Kier molecular flexibility index (Phi) is 8.08. The third-order valence-corrected chi connectivity index (χ3v) is 5.69. The number of anilines is 1. The number of hydrogen-bond donors (Lipinski definition) is 2. The zero-order valence-corrected chi connectivity index (χ0v) is 18.8. The van der Waals surface area contributed by atoms with Crippen LogP contribution < -0.4 is 15.5 Å². The molecule has 1 saturated heterocycles. The summed E-state index contributed by atoms with van der Waals surface area (Å²) in [6.07, 6.45) is 2.24. The molecule has 0 radical (unpaired) electrons. The lowest BCUT2D eigenvalue weighted by Gasteiger charge is -2.37. The Bertz CT molecular complexity index is 796. The summed E-state index contributed by atoms with van der Waals surface area (Å²) in [6, 6.07) is 17.8. The molecular formula is C24H36N6. The monoisotopic (exact) mass is 408 g/mol. The molecule has 30 heavy (non-hydrogen) atoms. The molecular weight excluding hydrogens is 372 g/mol. The van der Waals surface area contributed by atoms with Crippen molar-refractivity contribution in [2.75, 3.05) is 38.6 Å². The normalized spacial score (nSPS) is 16.9. The lowest BCUT2D eigenvalue weighted by Crippen LogP contribution is -2.49. The highest BCUT2D eigenvalue weighted by atomic mass is 15.2. The van der Waals surface area contributed by atoms with Crippen molar-refractivity contribution in [3.05, 3.63) is 59.8 Å². The van der Waals surface area contributed by atoms with Gasteiger partial charge in [0.1, 0.15) is 5.82 Å². The number of rotatable bonds is 7. The summed E-state index contributed by atoms with van der Waals surface area (Å²) >= 11 is 0. The van der Waals surface area contributed by atoms with E-state index in [4.69, 9.17) is 4.99 Å². The molecule has 0 amide bonds. The second-order valence-corrected chi connectivity index (χ2v) is 8.12. The SMILES string of the molecule is CCNC(=NCc1cccc(N(C)C)n1)NC1CCN(C(C)c2ccccc2)CC1. The van der Waals surface area contributed by atoms with Crippen LogP contribution in [0.5, 0.6) is 0 Å². The van der Waals surface area contributed by atoms with Crippen molar-refractivity contribution in [1.82, 2.24) is 20.5 Å². The predicted octanol–water partition coefficient (Wildman–Crippen LogP) is 3.43. The number of nitrogens with one attached hydrogen (secondary N) is 2. The Morgan fingerprint density at radius 3 is 2.53 bits per heavy atom. The number of nitrogens with zero attached hydrogens (tertiary/aromatic N) is 4. The topological polar surface area (TPSA) is 55.8 Å². The molecule has 0 bridgehead atoms. The van der Waals surface area contributed by atoms with Crippen molar-refractivity contribution in [1.29, 1.82) is 0 Å². The third kappa shape index (κ3) is 6.20.